The van der Waals surface area contributed by atoms with Gasteiger partial charge in [-0.2, -0.15) is 5.10 Å². The van der Waals surface area contributed by atoms with Crippen LogP contribution in [0.4, 0.5) is 0 Å². The number of piperidine rings is 1. The highest BCUT2D eigenvalue weighted by Gasteiger charge is 2.19. The third-order valence-electron chi connectivity index (χ3n) is 3.92. The number of hydrogen-bond acceptors (Lipinski definition) is 3. The molecule has 0 saturated carbocycles. The third kappa shape index (κ3) is 4.59. The summed E-state index contributed by atoms with van der Waals surface area (Å²) in [5.41, 5.74) is 3.38. The second kappa shape index (κ2) is 8.35. The van der Waals surface area contributed by atoms with Gasteiger partial charge >= 0.3 is 0 Å². The van der Waals surface area contributed by atoms with Crippen LogP contribution < -0.4 is 16.0 Å². The van der Waals surface area contributed by atoms with Gasteiger partial charge in [0.1, 0.15) is 0 Å². The van der Waals surface area contributed by atoms with E-state index < -0.39 is 0 Å². The van der Waals surface area contributed by atoms with E-state index in [1.165, 1.54) is 5.56 Å². The number of halogens is 1. The molecule has 22 heavy (non-hydrogen) atoms. The Morgan fingerprint density at radius 1 is 1.50 bits per heavy atom. The van der Waals surface area contributed by atoms with Gasteiger partial charge in [-0.1, -0.05) is 0 Å². The number of guanidine groups is 1. The molecule has 1 aliphatic heterocycles. The summed E-state index contributed by atoms with van der Waals surface area (Å²) < 4.78 is 1.89. The van der Waals surface area contributed by atoms with Gasteiger partial charge in [-0.05, 0) is 20.3 Å². The van der Waals surface area contributed by atoms with Gasteiger partial charge in [-0.15, -0.1) is 24.0 Å². The topological polar surface area (TPSA) is 83.3 Å². The van der Waals surface area contributed by atoms with Crippen molar-refractivity contribution in [1.29, 1.82) is 0 Å². The van der Waals surface area contributed by atoms with Crippen LogP contribution in [-0.4, -0.2) is 41.3 Å². The minimum absolute atomic E-state index is 0. The van der Waals surface area contributed by atoms with Crippen molar-refractivity contribution in [2.45, 2.75) is 39.3 Å². The molecule has 0 bridgehead atoms. The first-order chi connectivity index (χ1) is 10.0. The Kier molecular flexibility index (Phi) is 7.11. The molecular weight excluding hydrogens is 395 g/mol. The van der Waals surface area contributed by atoms with Gasteiger partial charge in [-0.3, -0.25) is 14.5 Å². The lowest BCUT2D eigenvalue weighted by Gasteiger charge is -2.25. The Labute approximate surface area is 148 Å². The second-order valence-electron chi connectivity index (χ2n) is 5.38. The molecule has 0 aliphatic carbocycles. The molecule has 124 valence electrons. The number of carbonyl (C=O) groups is 1. The Morgan fingerprint density at radius 3 is 2.73 bits per heavy atom. The number of aliphatic imine (C=N–C) groups is 1. The molecule has 1 aromatic heterocycles. The third-order valence-corrected chi connectivity index (χ3v) is 3.92. The molecule has 8 heteroatoms. The average Bonchev–Trinajstić information content (AvgIpc) is 2.71. The summed E-state index contributed by atoms with van der Waals surface area (Å²) in [6, 6.07) is 0.227. The van der Waals surface area contributed by atoms with Crippen LogP contribution >= 0.6 is 24.0 Å². The fourth-order valence-corrected chi connectivity index (χ4v) is 2.49. The predicted octanol–water partition coefficient (Wildman–Crippen LogP) is 0.599. The van der Waals surface area contributed by atoms with E-state index in [1.54, 1.807) is 7.05 Å². The van der Waals surface area contributed by atoms with Crippen molar-refractivity contribution < 1.29 is 4.79 Å². The van der Waals surface area contributed by atoms with Crippen molar-refractivity contribution in [2.75, 3.05) is 13.6 Å². The fraction of sp³-hybridized carbons (Fsp3) is 0.643. The second-order valence-corrected chi connectivity index (χ2v) is 5.38. The first-order valence-corrected chi connectivity index (χ1v) is 7.24. The van der Waals surface area contributed by atoms with E-state index in [1.807, 2.05) is 18.7 Å². The van der Waals surface area contributed by atoms with E-state index in [0.717, 1.165) is 23.8 Å². The van der Waals surface area contributed by atoms with Crippen LogP contribution in [0.15, 0.2) is 4.99 Å². The molecule has 7 nitrogen and oxygen atoms in total. The van der Waals surface area contributed by atoms with Crippen molar-refractivity contribution in [3.63, 3.8) is 0 Å². The molecule has 2 rings (SSSR count). The number of aryl methyl sites for hydroxylation is 2. The lowest BCUT2D eigenvalue weighted by Crippen LogP contribution is -2.51. The van der Waals surface area contributed by atoms with E-state index in [9.17, 15) is 4.79 Å². The molecule has 0 aromatic carbocycles. The molecule has 1 aliphatic rings. The van der Waals surface area contributed by atoms with Crippen LogP contribution in [0.25, 0.3) is 0 Å². The van der Waals surface area contributed by atoms with E-state index >= 15 is 0 Å². The van der Waals surface area contributed by atoms with Crippen molar-refractivity contribution in [3.05, 3.63) is 17.0 Å². The lowest BCUT2D eigenvalue weighted by atomic mass is 10.1. The molecule has 2 heterocycles. The van der Waals surface area contributed by atoms with Gasteiger partial charge in [0.2, 0.25) is 5.91 Å². The van der Waals surface area contributed by atoms with Crippen LogP contribution in [0.1, 0.15) is 29.8 Å². The molecule has 0 radical (unpaired) electrons. The van der Waals surface area contributed by atoms with E-state index in [-0.39, 0.29) is 35.9 Å². The van der Waals surface area contributed by atoms with Crippen molar-refractivity contribution >= 4 is 35.8 Å². The fourth-order valence-electron chi connectivity index (χ4n) is 2.49. The van der Waals surface area contributed by atoms with Gasteiger partial charge in [0.25, 0.3) is 0 Å². The highest BCUT2D eigenvalue weighted by atomic mass is 127. The van der Waals surface area contributed by atoms with Gasteiger partial charge in [0, 0.05) is 50.9 Å². The average molecular weight is 420 g/mol. The molecule has 1 unspecified atom stereocenters. The number of rotatable bonds is 3. The van der Waals surface area contributed by atoms with E-state index in [2.05, 4.69) is 33.0 Å². The molecule has 3 N–H and O–H groups in total. The Balaban J connectivity index is 0.00000242. The van der Waals surface area contributed by atoms with Crippen LogP contribution in [0, 0.1) is 13.8 Å². The summed E-state index contributed by atoms with van der Waals surface area (Å²) in [6.45, 7) is 5.40. The van der Waals surface area contributed by atoms with E-state index in [4.69, 9.17) is 0 Å². The quantitative estimate of drug-likeness (QED) is 0.380. The van der Waals surface area contributed by atoms with Crippen molar-refractivity contribution in [1.82, 2.24) is 25.7 Å². The van der Waals surface area contributed by atoms with Gasteiger partial charge < -0.3 is 16.0 Å². The number of carbonyl (C=O) groups excluding carboxylic acids is 1. The monoisotopic (exact) mass is 420 g/mol. The maximum absolute atomic E-state index is 11.2. The minimum atomic E-state index is 0. The van der Waals surface area contributed by atoms with Gasteiger partial charge in [-0.25, -0.2) is 0 Å². The van der Waals surface area contributed by atoms with Crippen LogP contribution in [0.3, 0.4) is 0 Å². The first kappa shape index (κ1) is 18.7. The lowest BCUT2D eigenvalue weighted by molar-refractivity contribution is -0.122. The SMILES string of the molecule is CN=C(NCc1c(C)nn(C)c1C)NC1CCC(=O)NC1.I. The molecule has 1 atom stereocenters. The van der Waals surface area contributed by atoms with Crippen LogP contribution in [0.5, 0.6) is 0 Å². The minimum Gasteiger partial charge on any atom is -0.354 e. The molecule has 1 aromatic rings. The number of aromatic nitrogens is 2. The zero-order chi connectivity index (χ0) is 15.4. The summed E-state index contributed by atoms with van der Waals surface area (Å²) in [5, 5.41) is 13.9. The molecular formula is C14H25IN6O. The summed E-state index contributed by atoms with van der Waals surface area (Å²) in [4.78, 5) is 15.4. The summed E-state index contributed by atoms with van der Waals surface area (Å²) >= 11 is 0. The van der Waals surface area contributed by atoms with E-state index in [0.29, 0.717) is 19.5 Å². The highest BCUT2D eigenvalue weighted by Crippen LogP contribution is 2.11. The van der Waals surface area contributed by atoms with Crippen molar-refractivity contribution in [2.24, 2.45) is 12.0 Å². The van der Waals surface area contributed by atoms with Crippen LogP contribution in [0.2, 0.25) is 0 Å². The highest BCUT2D eigenvalue weighted by molar-refractivity contribution is 14.0. The predicted molar refractivity (Wildman–Crippen MR) is 97.5 cm³/mol. The van der Waals surface area contributed by atoms with Gasteiger partial charge in [0.15, 0.2) is 5.96 Å². The normalized spacial score (nSPS) is 18.5. The summed E-state index contributed by atoms with van der Waals surface area (Å²) in [5.74, 6) is 0.872. The molecule has 1 fully saturated rings. The molecule has 0 spiro atoms. The van der Waals surface area contributed by atoms with Crippen LogP contribution in [-0.2, 0) is 18.4 Å². The zero-order valence-corrected chi connectivity index (χ0v) is 15.9. The van der Waals surface area contributed by atoms with Gasteiger partial charge in [0.05, 0.1) is 5.69 Å². The smallest absolute Gasteiger partial charge is 0.220 e. The maximum Gasteiger partial charge on any atom is 0.220 e. The van der Waals surface area contributed by atoms with Crippen molar-refractivity contribution in [3.8, 4) is 0 Å². The standard InChI is InChI=1S/C14H24N6O.HI/c1-9-12(10(2)20(4)19-9)8-17-14(15-3)18-11-5-6-13(21)16-7-11;/h11H,5-8H2,1-4H3,(H,16,21)(H2,15,17,18);1H. The Hall–Kier alpha value is -1.32. The Morgan fingerprint density at radius 2 is 2.23 bits per heavy atom. The number of hydrogen-bond donors (Lipinski definition) is 3. The first-order valence-electron chi connectivity index (χ1n) is 7.24. The molecule has 1 saturated heterocycles. The largest absolute Gasteiger partial charge is 0.354 e. The summed E-state index contributed by atoms with van der Waals surface area (Å²) in [6.07, 6.45) is 1.40. The summed E-state index contributed by atoms with van der Waals surface area (Å²) in [7, 11) is 3.70. The Bertz CT molecular complexity index is 544. The number of amides is 1. The molecule has 1 amide bonds. The number of nitrogens with one attached hydrogen (secondary N) is 3. The zero-order valence-electron chi connectivity index (χ0n) is 13.6. The number of nitrogens with zero attached hydrogens (tertiary/aromatic N) is 3. The maximum atomic E-state index is 11.2.